The molecule has 1 atom stereocenters. The van der Waals surface area contributed by atoms with Crippen LogP contribution in [0.1, 0.15) is 18.9 Å². The number of hydrogen-bond acceptors (Lipinski definition) is 4. The largest absolute Gasteiger partial charge is 0.312 e. The maximum absolute atomic E-state index is 12.2. The molecule has 7 nitrogen and oxygen atoms in total. The van der Waals surface area contributed by atoms with Gasteiger partial charge in [-0.25, -0.2) is 4.68 Å². The molecule has 2 heterocycles. The van der Waals surface area contributed by atoms with Crippen molar-refractivity contribution in [1.29, 1.82) is 0 Å². The summed E-state index contributed by atoms with van der Waals surface area (Å²) < 4.78 is 1.38. The number of aryl methyl sites for hydroxylation is 1. The first-order valence-corrected chi connectivity index (χ1v) is 7.22. The maximum Gasteiger partial charge on any atom is 0.244 e. The molecular weight excluding hydrogens is 282 g/mol. The molecule has 1 aliphatic heterocycles. The van der Waals surface area contributed by atoms with Crippen molar-refractivity contribution in [3.63, 3.8) is 0 Å². The molecule has 1 unspecified atom stereocenters. The molecular formula is C15H17N5O2. The number of nitrogens with zero attached hydrogens (tertiary/aromatic N) is 4. The minimum absolute atomic E-state index is 0.0341. The van der Waals surface area contributed by atoms with Gasteiger partial charge in [0.25, 0.3) is 0 Å². The van der Waals surface area contributed by atoms with Crippen LogP contribution < -0.4 is 10.3 Å². The molecule has 0 spiro atoms. The number of rotatable bonds is 4. The summed E-state index contributed by atoms with van der Waals surface area (Å²) in [7, 11) is 0. The number of nitrogens with one attached hydrogen (secondary N) is 1. The van der Waals surface area contributed by atoms with E-state index in [9.17, 15) is 9.59 Å². The predicted molar refractivity (Wildman–Crippen MR) is 80.7 cm³/mol. The molecule has 1 saturated heterocycles. The van der Waals surface area contributed by atoms with Crippen LogP contribution in [0.4, 0.5) is 5.69 Å². The topological polar surface area (TPSA) is 80.1 Å². The molecule has 114 valence electrons. The lowest BCUT2D eigenvalue weighted by atomic mass is 10.1. The van der Waals surface area contributed by atoms with Gasteiger partial charge in [-0.05, 0) is 24.1 Å². The van der Waals surface area contributed by atoms with Crippen molar-refractivity contribution in [3.05, 3.63) is 42.5 Å². The van der Waals surface area contributed by atoms with Gasteiger partial charge in [-0.1, -0.05) is 19.1 Å². The second kappa shape index (κ2) is 5.97. The first kappa shape index (κ1) is 14.2. The highest BCUT2D eigenvalue weighted by molar-refractivity contribution is 6.01. The molecule has 7 heteroatoms. The average Bonchev–Trinajstić information content (AvgIpc) is 3.17. The van der Waals surface area contributed by atoms with Crippen molar-refractivity contribution in [2.75, 3.05) is 16.9 Å². The number of carbonyl (C=O) groups is 2. The van der Waals surface area contributed by atoms with Crippen molar-refractivity contribution >= 4 is 17.5 Å². The Bertz CT molecular complexity index is 666. The molecule has 22 heavy (non-hydrogen) atoms. The highest BCUT2D eigenvalue weighted by Gasteiger charge is 2.35. The van der Waals surface area contributed by atoms with E-state index in [0.29, 0.717) is 6.54 Å². The van der Waals surface area contributed by atoms with Gasteiger partial charge >= 0.3 is 0 Å². The fraction of sp³-hybridized carbons (Fsp3) is 0.333. The van der Waals surface area contributed by atoms with Crippen LogP contribution in [-0.2, 0) is 16.0 Å². The first-order valence-electron chi connectivity index (χ1n) is 7.22. The lowest BCUT2D eigenvalue weighted by molar-refractivity contribution is -0.123. The van der Waals surface area contributed by atoms with Gasteiger partial charge in [-0.2, -0.15) is 0 Å². The lowest BCUT2D eigenvalue weighted by Crippen LogP contribution is -2.31. The van der Waals surface area contributed by atoms with E-state index in [0.717, 1.165) is 12.1 Å². The molecule has 0 saturated carbocycles. The van der Waals surface area contributed by atoms with Crippen LogP contribution in [0.3, 0.4) is 0 Å². The summed E-state index contributed by atoms with van der Waals surface area (Å²) in [4.78, 5) is 26.0. The number of carbonyl (C=O) groups excluding carboxylic acids is 2. The van der Waals surface area contributed by atoms with Crippen molar-refractivity contribution in [3.8, 4) is 0 Å². The van der Waals surface area contributed by atoms with E-state index in [1.54, 1.807) is 4.90 Å². The second-order valence-electron chi connectivity index (χ2n) is 5.27. The molecule has 1 aromatic heterocycles. The Labute approximate surface area is 127 Å². The van der Waals surface area contributed by atoms with Gasteiger partial charge in [-0.3, -0.25) is 15.0 Å². The highest BCUT2D eigenvalue weighted by atomic mass is 16.2. The van der Waals surface area contributed by atoms with Gasteiger partial charge in [0.15, 0.2) is 0 Å². The van der Waals surface area contributed by atoms with E-state index in [2.05, 4.69) is 22.5 Å². The summed E-state index contributed by atoms with van der Waals surface area (Å²) >= 11 is 0. The molecule has 3 rings (SSSR count). The van der Waals surface area contributed by atoms with Crippen LogP contribution in [-0.4, -0.2) is 33.2 Å². The van der Waals surface area contributed by atoms with E-state index in [-0.39, 0.29) is 24.2 Å². The molecule has 1 fully saturated rings. The highest BCUT2D eigenvalue weighted by Crippen LogP contribution is 2.25. The fourth-order valence-electron chi connectivity index (χ4n) is 2.52. The fourth-order valence-corrected chi connectivity index (χ4v) is 2.52. The Balaban J connectivity index is 1.68. The number of amides is 2. The first-order chi connectivity index (χ1) is 10.7. The smallest absolute Gasteiger partial charge is 0.244 e. The number of aromatic nitrogens is 3. The molecule has 2 amide bonds. The van der Waals surface area contributed by atoms with Gasteiger partial charge in [-0.15, -0.1) is 10.2 Å². The van der Waals surface area contributed by atoms with E-state index >= 15 is 0 Å². The van der Waals surface area contributed by atoms with Gasteiger partial charge in [0.05, 0.1) is 5.92 Å². The lowest BCUT2D eigenvalue weighted by Gasteiger charge is -2.17. The van der Waals surface area contributed by atoms with E-state index in [1.165, 1.54) is 22.9 Å². The zero-order valence-electron chi connectivity index (χ0n) is 12.3. The molecule has 1 aliphatic rings. The minimum Gasteiger partial charge on any atom is -0.312 e. The Morgan fingerprint density at radius 2 is 1.95 bits per heavy atom. The van der Waals surface area contributed by atoms with Gasteiger partial charge < -0.3 is 4.90 Å². The average molecular weight is 299 g/mol. The second-order valence-corrected chi connectivity index (χ2v) is 5.27. The van der Waals surface area contributed by atoms with Crippen LogP contribution in [0.15, 0.2) is 36.9 Å². The minimum atomic E-state index is -0.374. The van der Waals surface area contributed by atoms with Crippen LogP contribution in [0.25, 0.3) is 0 Å². The van der Waals surface area contributed by atoms with Gasteiger partial charge in [0.2, 0.25) is 11.8 Å². The normalized spacial score (nSPS) is 17.8. The van der Waals surface area contributed by atoms with Crippen LogP contribution in [0.5, 0.6) is 0 Å². The number of benzene rings is 1. The SMILES string of the molecule is CCc1ccc(N2CC(C(=O)Nn3cnnc3)CC2=O)cc1. The van der Waals surface area contributed by atoms with E-state index < -0.39 is 0 Å². The Morgan fingerprint density at radius 3 is 2.59 bits per heavy atom. The third-order valence-corrected chi connectivity index (χ3v) is 3.81. The molecule has 0 aliphatic carbocycles. The van der Waals surface area contributed by atoms with E-state index in [1.807, 2.05) is 24.3 Å². The maximum atomic E-state index is 12.2. The van der Waals surface area contributed by atoms with Crippen molar-refractivity contribution in [2.24, 2.45) is 5.92 Å². The zero-order valence-corrected chi connectivity index (χ0v) is 12.3. The zero-order chi connectivity index (χ0) is 15.5. The molecule has 2 aromatic rings. The molecule has 0 radical (unpaired) electrons. The summed E-state index contributed by atoms with van der Waals surface area (Å²) in [6, 6.07) is 7.87. The van der Waals surface area contributed by atoms with Crippen molar-refractivity contribution in [1.82, 2.24) is 14.9 Å². The quantitative estimate of drug-likeness (QED) is 0.912. The molecule has 0 bridgehead atoms. The van der Waals surface area contributed by atoms with Crippen molar-refractivity contribution < 1.29 is 9.59 Å². The van der Waals surface area contributed by atoms with Crippen molar-refractivity contribution in [2.45, 2.75) is 19.8 Å². The third kappa shape index (κ3) is 2.83. The standard InChI is InChI=1S/C15H17N5O2/c1-2-11-3-5-13(6-4-11)20-8-12(7-14(20)21)15(22)18-19-9-16-17-10-19/h3-6,9-10,12H,2,7-8H2,1H3,(H,18,22). The van der Waals surface area contributed by atoms with Crippen LogP contribution in [0, 0.1) is 5.92 Å². The summed E-state index contributed by atoms with van der Waals surface area (Å²) in [5.74, 6) is -0.616. The summed E-state index contributed by atoms with van der Waals surface area (Å²) in [5, 5.41) is 7.23. The Hall–Kier alpha value is -2.70. The third-order valence-electron chi connectivity index (χ3n) is 3.81. The number of hydrogen-bond donors (Lipinski definition) is 1. The molecule has 1 N–H and O–H groups in total. The molecule has 1 aromatic carbocycles. The van der Waals surface area contributed by atoms with Crippen LogP contribution in [0.2, 0.25) is 0 Å². The van der Waals surface area contributed by atoms with Gasteiger partial charge in [0.1, 0.15) is 12.7 Å². The Morgan fingerprint density at radius 1 is 1.27 bits per heavy atom. The summed E-state index contributed by atoms with van der Waals surface area (Å²) in [6.07, 6.45) is 3.97. The summed E-state index contributed by atoms with van der Waals surface area (Å²) in [5.41, 5.74) is 4.70. The monoisotopic (exact) mass is 299 g/mol. The Kier molecular flexibility index (Phi) is 3.86. The van der Waals surface area contributed by atoms with Gasteiger partial charge in [0, 0.05) is 18.7 Å². The van der Waals surface area contributed by atoms with Crippen LogP contribution >= 0.6 is 0 Å². The summed E-state index contributed by atoms with van der Waals surface area (Å²) in [6.45, 7) is 2.47. The number of anilines is 1. The predicted octanol–water partition coefficient (Wildman–Crippen LogP) is 0.964. The van der Waals surface area contributed by atoms with E-state index in [4.69, 9.17) is 0 Å².